The van der Waals surface area contributed by atoms with Gasteiger partial charge in [-0.05, 0) is 62.9 Å². The first kappa shape index (κ1) is 16.4. The van der Waals surface area contributed by atoms with Gasteiger partial charge in [0.05, 0.1) is 4.90 Å². The summed E-state index contributed by atoms with van der Waals surface area (Å²) in [6.07, 6.45) is 0. The average Bonchev–Trinajstić information content (AvgIpc) is 2.40. The highest BCUT2D eigenvalue weighted by Gasteiger charge is 2.29. The van der Waals surface area contributed by atoms with Crippen LogP contribution >= 0.6 is 0 Å². The average molecular weight is 320 g/mol. The Balaban J connectivity index is 2.90. The van der Waals surface area contributed by atoms with Gasteiger partial charge >= 0.3 is 0 Å². The van der Waals surface area contributed by atoms with E-state index in [-0.39, 0.29) is 26.9 Å². The third-order valence-corrected chi connectivity index (χ3v) is 6.28. The van der Waals surface area contributed by atoms with Crippen LogP contribution in [0, 0.1) is 34.6 Å². The molecule has 4 nitrogen and oxygen atoms in total. The van der Waals surface area contributed by atoms with E-state index in [1.807, 2.05) is 6.92 Å². The number of hydrogen-bond acceptors (Lipinski definition) is 4. The number of phenolic OH excluding ortho intramolecular Hbond substituents is 2. The summed E-state index contributed by atoms with van der Waals surface area (Å²) in [4.78, 5) is -0.0402. The van der Waals surface area contributed by atoms with Crippen LogP contribution in [0.25, 0.3) is 0 Å². The molecule has 0 saturated heterocycles. The molecule has 0 aliphatic rings. The van der Waals surface area contributed by atoms with E-state index >= 15 is 0 Å². The Hall–Kier alpha value is -2.01. The van der Waals surface area contributed by atoms with Gasteiger partial charge in [0.2, 0.25) is 9.84 Å². The van der Waals surface area contributed by atoms with Crippen LogP contribution in [0.5, 0.6) is 11.5 Å². The van der Waals surface area contributed by atoms with E-state index in [2.05, 4.69) is 0 Å². The minimum Gasteiger partial charge on any atom is -0.508 e. The zero-order chi connectivity index (χ0) is 16.8. The number of aryl methyl sites for hydroxylation is 3. The molecule has 0 radical (unpaired) electrons. The van der Waals surface area contributed by atoms with E-state index in [9.17, 15) is 18.6 Å². The third-order valence-electron chi connectivity index (χ3n) is 4.06. The van der Waals surface area contributed by atoms with Crippen LogP contribution in [-0.4, -0.2) is 18.6 Å². The molecule has 2 aromatic carbocycles. The van der Waals surface area contributed by atoms with Gasteiger partial charge in [-0.2, -0.15) is 0 Å². The van der Waals surface area contributed by atoms with Gasteiger partial charge in [-0.1, -0.05) is 12.1 Å². The van der Waals surface area contributed by atoms with Crippen molar-refractivity contribution >= 4 is 9.84 Å². The van der Waals surface area contributed by atoms with Crippen molar-refractivity contribution in [1.82, 2.24) is 0 Å². The van der Waals surface area contributed by atoms with Gasteiger partial charge in [0, 0.05) is 5.56 Å². The highest BCUT2D eigenvalue weighted by molar-refractivity contribution is 7.91. The highest BCUT2D eigenvalue weighted by atomic mass is 32.2. The van der Waals surface area contributed by atoms with Crippen LogP contribution in [-0.2, 0) is 9.84 Å². The minimum atomic E-state index is -3.93. The Morgan fingerprint density at radius 1 is 0.773 bits per heavy atom. The van der Waals surface area contributed by atoms with Gasteiger partial charge in [0.1, 0.15) is 16.4 Å². The normalized spacial score (nSPS) is 11.7. The summed E-state index contributed by atoms with van der Waals surface area (Å²) in [5.41, 5.74) is 2.69. The predicted octanol–water partition coefficient (Wildman–Crippen LogP) is 3.47. The fourth-order valence-corrected chi connectivity index (χ4v) is 4.81. The molecule has 0 aliphatic heterocycles. The van der Waals surface area contributed by atoms with E-state index < -0.39 is 9.84 Å². The quantitative estimate of drug-likeness (QED) is 0.888. The molecule has 2 rings (SSSR count). The van der Waals surface area contributed by atoms with Crippen molar-refractivity contribution in [3.63, 3.8) is 0 Å². The summed E-state index contributed by atoms with van der Waals surface area (Å²) >= 11 is 0. The number of hydrogen-bond donors (Lipinski definition) is 2. The number of rotatable bonds is 2. The van der Waals surface area contributed by atoms with Crippen LogP contribution < -0.4 is 0 Å². The molecule has 0 heterocycles. The molecule has 5 heteroatoms. The largest absolute Gasteiger partial charge is 0.508 e. The number of benzene rings is 2. The van der Waals surface area contributed by atoms with Gasteiger partial charge in [-0.25, -0.2) is 8.42 Å². The molecule has 0 unspecified atom stereocenters. The fraction of sp³-hybridized carbons (Fsp3) is 0.294. The summed E-state index contributed by atoms with van der Waals surface area (Å²) < 4.78 is 26.1. The second kappa shape index (κ2) is 5.32. The summed E-state index contributed by atoms with van der Waals surface area (Å²) in [6, 6.07) is 4.77. The van der Waals surface area contributed by atoms with Crippen molar-refractivity contribution in [3.8, 4) is 11.5 Å². The fourth-order valence-electron chi connectivity index (χ4n) is 2.71. The standard InChI is InChI=1S/C17H20O4S/c1-9-6-7-14(18)13(5)16(9)22(20,21)17-11(3)8-10(2)12(4)15(17)19/h6-8,18-19H,1-5H3. The molecule has 0 fully saturated rings. The van der Waals surface area contributed by atoms with Gasteiger partial charge in [0.25, 0.3) is 0 Å². The molecule has 0 amide bonds. The van der Waals surface area contributed by atoms with E-state index in [0.29, 0.717) is 16.7 Å². The van der Waals surface area contributed by atoms with E-state index in [4.69, 9.17) is 0 Å². The van der Waals surface area contributed by atoms with Gasteiger partial charge in [-0.3, -0.25) is 0 Å². The van der Waals surface area contributed by atoms with Crippen LogP contribution in [0.3, 0.4) is 0 Å². The van der Waals surface area contributed by atoms with Crippen molar-refractivity contribution in [2.45, 2.75) is 44.4 Å². The van der Waals surface area contributed by atoms with Crippen LogP contribution in [0.1, 0.15) is 27.8 Å². The first-order valence-electron chi connectivity index (χ1n) is 6.93. The van der Waals surface area contributed by atoms with Crippen LogP contribution in [0.4, 0.5) is 0 Å². The van der Waals surface area contributed by atoms with Crippen molar-refractivity contribution in [1.29, 1.82) is 0 Å². The molecule has 0 saturated carbocycles. The maximum Gasteiger partial charge on any atom is 0.211 e. The van der Waals surface area contributed by atoms with Gasteiger partial charge < -0.3 is 10.2 Å². The highest BCUT2D eigenvalue weighted by Crippen LogP contribution is 2.39. The summed E-state index contributed by atoms with van der Waals surface area (Å²) in [6.45, 7) is 8.40. The second-order valence-electron chi connectivity index (χ2n) is 5.67. The summed E-state index contributed by atoms with van der Waals surface area (Å²) in [5, 5.41) is 20.2. The second-order valence-corrected chi connectivity index (χ2v) is 7.50. The zero-order valence-corrected chi connectivity index (χ0v) is 14.2. The smallest absolute Gasteiger partial charge is 0.211 e. The molecule has 118 valence electrons. The molecule has 0 spiro atoms. The lowest BCUT2D eigenvalue weighted by Gasteiger charge is -2.17. The Labute approximate surface area is 131 Å². The number of aromatic hydroxyl groups is 2. The van der Waals surface area contributed by atoms with Crippen molar-refractivity contribution in [3.05, 3.63) is 46.0 Å². The Bertz CT molecular complexity index is 865. The maximum atomic E-state index is 13.1. The van der Waals surface area contributed by atoms with Crippen molar-refractivity contribution < 1.29 is 18.6 Å². The van der Waals surface area contributed by atoms with Crippen LogP contribution in [0.2, 0.25) is 0 Å². The molecular formula is C17H20O4S. The van der Waals surface area contributed by atoms with Gasteiger partial charge in [0.15, 0.2) is 0 Å². The lowest BCUT2D eigenvalue weighted by atomic mass is 10.1. The molecular weight excluding hydrogens is 300 g/mol. The number of sulfone groups is 1. The monoisotopic (exact) mass is 320 g/mol. The van der Waals surface area contributed by atoms with Crippen molar-refractivity contribution in [2.75, 3.05) is 0 Å². The molecule has 0 bridgehead atoms. The molecule has 0 aromatic heterocycles. The van der Waals surface area contributed by atoms with Gasteiger partial charge in [-0.15, -0.1) is 0 Å². The van der Waals surface area contributed by atoms with Crippen molar-refractivity contribution in [2.24, 2.45) is 0 Å². The number of phenols is 2. The molecule has 0 aliphatic carbocycles. The first-order valence-corrected chi connectivity index (χ1v) is 8.41. The summed E-state index contributed by atoms with van der Waals surface area (Å²) in [7, 11) is -3.93. The van der Waals surface area contributed by atoms with E-state index in [1.54, 1.807) is 39.8 Å². The Kier molecular flexibility index (Phi) is 3.96. The topological polar surface area (TPSA) is 74.6 Å². The first-order chi connectivity index (χ1) is 10.1. The van der Waals surface area contributed by atoms with E-state index in [0.717, 1.165) is 5.56 Å². The molecule has 2 N–H and O–H groups in total. The zero-order valence-electron chi connectivity index (χ0n) is 13.4. The Morgan fingerprint density at radius 2 is 1.36 bits per heavy atom. The SMILES string of the molecule is Cc1cc(C)c(S(=O)(=O)c2c(C)ccc(O)c2C)c(O)c1C. The third kappa shape index (κ3) is 2.35. The molecule has 2 aromatic rings. The van der Waals surface area contributed by atoms with Crippen LogP contribution in [0.15, 0.2) is 28.0 Å². The van der Waals surface area contributed by atoms with E-state index in [1.165, 1.54) is 6.07 Å². The minimum absolute atomic E-state index is 0.0501. The Morgan fingerprint density at radius 3 is 1.95 bits per heavy atom. The molecule has 0 atom stereocenters. The summed E-state index contributed by atoms with van der Waals surface area (Å²) in [5.74, 6) is -0.301. The predicted molar refractivity (Wildman–Crippen MR) is 85.4 cm³/mol. The lowest BCUT2D eigenvalue weighted by molar-refractivity contribution is 0.452. The maximum absolute atomic E-state index is 13.1. The lowest BCUT2D eigenvalue weighted by Crippen LogP contribution is -2.09. The molecule has 22 heavy (non-hydrogen) atoms.